The molecule has 118 valence electrons. The van der Waals surface area contributed by atoms with E-state index in [4.69, 9.17) is 4.74 Å². The maximum absolute atomic E-state index is 13.8. The quantitative estimate of drug-likeness (QED) is 0.516. The number of halogens is 2. The summed E-state index contributed by atoms with van der Waals surface area (Å²) in [7, 11) is -1.50. The first-order valence-corrected chi connectivity index (χ1v) is 10.3. The maximum Gasteiger partial charge on any atom is 0.385 e. The summed E-state index contributed by atoms with van der Waals surface area (Å²) < 4.78 is 32.4. The Morgan fingerprint density at radius 1 is 1.24 bits per heavy atom. The Kier molecular flexibility index (Phi) is 4.95. The van der Waals surface area contributed by atoms with Gasteiger partial charge in [-0.15, -0.1) is 0 Å². The van der Waals surface area contributed by atoms with Crippen LogP contribution in [0.2, 0.25) is 19.6 Å². The van der Waals surface area contributed by atoms with Gasteiger partial charge in [-0.05, 0) is 25.5 Å². The van der Waals surface area contributed by atoms with E-state index in [0.717, 1.165) is 12.1 Å². The highest BCUT2D eigenvalue weighted by atomic mass is 28.3. The molecule has 0 aliphatic rings. The van der Waals surface area contributed by atoms with Crippen molar-refractivity contribution in [2.45, 2.75) is 51.4 Å². The first-order chi connectivity index (χ1) is 9.41. The lowest BCUT2D eigenvalue weighted by Gasteiger charge is -2.29. The van der Waals surface area contributed by atoms with E-state index < -0.39 is 25.6 Å². The van der Waals surface area contributed by atoms with Crippen LogP contribution in [0, 0.1) is 0 Å². The molecule has 1 aromatic rings. The molecule has 0 aromatic heterocycles. The molecule has 1 unspecified atom stereocenters. The van der Waals surface area contributed by atoms with Crippen LogP contribution >= 0.6 is 0 Å². The van der Waals surface area contributed by atoms with Gasteiger partial charge in [0.1, 0.15) is 11.4 Å². The number of ether oxygens (including phenoxy) is 1. The van der Waals surface area contributed by atoms with E-state index in [1.165, 1.54) is 19.1 Å². The third-order valence-corrected chi connectivity index (χ3v) is 5.62. The van der Waals surface area contributed by atoms with Gasteiger partial charge in [0.05, 0.1) is 8.07 Å². The zero-order valence-corrected chi connectivity index (χ0v) is 14.0. The minimum Gasteiger partial charge on any atom is -0.422 e. The molecule has 0 heterocycles. The number of aliphatic hydroxyl groups is 1. The minimum absolute atomic E-state index is 0.0496. The predicted molar refractivity (Wildman–Crippen MR) is 80.9 cm³/mol. The van der Waals surface area contributed by atoms with Crippen molar-refractivity contribution in [3.05, 3.63) is 24.3 Å². The van der Waals surface area contributed by atoms with Gasteiger partial charge in [0.15, 0.2) is 0 Å². The fourth-order valence-electron chi connectivity index (χ4n) is 1.64. The van der Waals surface area contributed by atoms with Crippen LogP contribution in [0.3, 0.4) is 0 Å². The number of carbonyl (C=O) groups is 1. The van der Waals surface area contributed by atoms with Gasteiger partial charge in [-0.25, -0.2) is 4.79 Å². The highest BCUT2D eigenvalue weighted by molar-refractivity contribution is 6.88. The van der Waals surface area contributed by atoms with E-state index in [1.807, 2.05) is 0 Å². The van der Waals surface area contributed by atoms with Crippen molar-refractivity contribution in [3.63, 3.8) is 0 Å². The number of alkyl halides is 2. The topological polar surface area (TPSA) is 46.5 Å². The smallest absolute Gasteiger partial charge is 0.385 e. The van der Waals surface area contributed by atoms with Crippen LogP contribution in [-0.4, -0.2) is 30.7 Å². The van der Waals surface area contributed by atoms with Gasteiger partial charge in [0.2, 0.25) is 0 Å². The first-order valence-electron chi connectivity index (χ1n) is 6.85. The summed E-state index contributed by atoms with van der Waals surface area (Å²) in [6.45, 7) is 8.76. The van der Waals surface area contributed by atoms with Crippen LogP contribution in [0.4, 0.5) is 8.78 Å². The molecular formula is C15H22F2O3Si. The molecule has 3 nitrogen and oxygen atoms in total. The Morgan fingerprint density at radius 2 is 1.71 bits per heavy atom. The van der Waals surface area contributed by atoms with Crippen molar-refractivity contribution < 1.29 is 23.4 Å². The van der Waals surface area contributed by atoms with E-state index in [-0.39, 0.29) is 12.2 Å². The molecule has 0 radical (unpaired) electrons. The van der Waals surface area contributed by atoms with Gasteiger partial charge >= 0.3 is 11.9 Å². The molecule has 0 saturated carbocycles. The van der Waals surface area contributed by atoms with E-state index in [9.17, 15) is 18.7 Å². The number of carbonyl (C=O) groups excluding carboxylic acids is 1. The van der Waals surface area contributed by atoms with E-state index >= 15 is 0 Å². The molecule has 1 atom stereocenters. The maximum atomic E-state index is 13.8. The summed E-state index contributed by atoms with van der Waals surface area (Å²) in [5.74, 6) is -5.65. The third-order valence-electron chi connectivity index (χ3n) is 3.55. The van der Waals surface area contributed by atoms with Crippen molar-refractivity contribution in [2.75, 3.05) is 0 Å². The second-order valence-electron chi connectivity index (χ2n) is 6.37. The van der Waals surface area contributed by atoms with Crippen molar-refractivity contribution in [1.29, 1.82) is 0 Å². The average molecular weight is 316 g/mol. The van der Waals surface area contributed by atoms with Gasteiger partial charge in [-0.2, -0.15) is 8.78 Å². The summed E-state index contributed by atoms with van der Waals surface area (Å²) in [6.07, 6.45) is -0.260. The van der Waals surface area contributed by atoms with Gasteiger partial charge < -0.3 is 9.84 Å². The lowest BCUT2D eigenvalue weighted by atomic mass is 9.95. The molecular weight excluding hydrogens is 294 g/mol. The second-order valence-corrected chi connectivity index (χ2v) is 11.4. The van der Waals surface area contributed by atoms with Crippen molar-refractivity contribution >= 4 is 19.2 Å². The molecule has 1 rings (SSSR count). The van der Waals surface area contributed by atoms with Gasteiger partial charge in [-0.3, -0.25) is 0 Å². The van der Waals surface area contributed by atoms with Crippen LogP contribution in [-0.2, 0) is 4.79 Å². The van der Waals surface area contributed by atoms with E-state index in [0.29, 0.717) is 0 Å². The molecule has 1 aromatic carbocycles. The Balaban J connectivity index is 2.89. The van der Waals surface area contributed by atoms with Gasteiger partial charge in [-0.1, -0.05) is 43.9 Å². The molecule has 0 fully saturated rings. The Hall–Kier alpha value is -1.27. The summed E-state index contributed by atoms with van der Waals surface area (Å²) >= 11 is 0. The number of esters is 1. The molecule has 0 saturated heterocycles. The summed E-state index contributed by atoms with van der Waals surface area (Å²) in [5, 5.41) is 10.7. The number of hydrogen-bond donors (Lipinski definition) is 1. The molecule has 0 spiro atoms. The summed E-state index contributed by atoms with van der Waals surface area (Å²) in [4.78, 5) is 11.6. The zero-order valence-electron chi connectivity index (χ0n) is 13.0. The lowest BCUT2D eigenvalue weighted by Crippen LogP contribution is -2.52. The molecule has 1 N–H and O–H groups in total. The monoisotopic (exact) mass is 316 g/mol. The van der Waals surface area contributed by atoms with Crippen LogP contribution in [0.1, 0.15) is 20.3 Å². The molecule has 21 heavy (non-hydrogen) atoms. The van der Waals surface area contributed by atoms with Crippen LogP contribution < -0.4 is 9.92 Å². The fraction of sp³-hybridized carbons (Fsp3) is 0.533. The molecule has 0 aliphatic heterocycles. The van der Waals surface area contributed by atoms with Gasteiger partial charge in [0.25, 0.3) is 0 Å². The van der Waals surface area contributed by atoms with E-state index in [1.54, 1.807) is 12.1 Å². The largest absolute Gasteiger partial charge is 0.422 e. The molecule has 6 heteroatoms. The number of rotatable bonds is 5. The van der Waals surface area contributed by atoms with Crippen molar-refractivity contribution in [1.82, 2.24) is 0 Å². The van der Waals surface area contributed by atoms with Crippen LogP contribution in [0.15, 0.2) is 24.3 Å². The standard InChI is InChI=1S/C15H22F2O3Si/c1-6-14(2,19)15(16,17)13(18)20-11-7-9-12(10-8-11)21(3,4)5/h7-10,19H,6H2,1-5H3. The summed E-state index contributed by atoms with van der Waals surface area (Å²) in [6, 6.07) is 6.57. The predicted octanol–water partition coefficient (Wildman–Crippen LogP) is 2.93. The number of hydrogen-bond acceptors (Lipinski definition) is 3. The average Bonchev–Trinajstić information content (AvgIpc) is 2.37. The first kappa shape index (κ1) is 17.8. The second kappa shape index (κ2) is 5.85. The molecule has 0 aliphatic carbocycles. The lowest BCUT2D eigenvalue weighted by molar-refractivity contribution is -0.201. The van der Waals surface area contributed by atoms with Crippen LogP contribution in [0.25, 0.3) is 0 Å². The Labute approximate surface area is 124 Å². The highest BCUT2D eigenvalue weighted by Gasteiger charge is 2.56. The normalized spacial score (nSPS) is 15.4. The zero-order chi connectivity index (χ0) is 16.5. The van der Waals surface area contributed by atoms with E-state index in [2.05, 4.69) is 19.6 Å². The van der Waals surface area contributed by atoms with Gasteiger partial charge in [0, 0.05) is 0 Å². The molecule has 0 bridgehead atoms. The fourth-order valence-corrected chi connectivity index (χ4v) is 2.80. The van der Waals surface area contributed by atoms with Crippen molar-refractivity contribution in [3.8, 4) is 5.75 Å². The van der Waals surface area contributed by atoms with Crippen molar-refractivity contribution in [2.24, 2.45) is 0 Å². The SMILES string of the molecule is CCC(C)(O)C(F)(F)C(=O)Oc1ccc([Si](C)(C)C)cc1. The van der Waals surface area contributed by atoms with Crippen LogP contribution in [0.5, 0.6) is 5.75 Å². The third kappa shape index (κ3) is 3.88. The minimum atomic E-state index is -3.96. The Morgan fingerprint density at radius 3 is 2.10 bits per heavy atom. The number of benzene rings is 1. The Bertz CT molecular complexity index is 505. The summed E-state index contributed by atoms with van der Waals surface area (Å²) in [5.41, 5.74) is -2.43. The molecule has 0 amide bonds. The highest BCUT2D eigenvalue weighted by Crippen LogP contribution is 2.32.